The molecule has 1 atom stereocenters. The minimum absolute atomic E-state index is 0.0902. The smallest absolute Gasteiger partial charge is 0.249 e. The average Bonchev–Trinajstić information content (AvgIpc) is 3.13. The maximum atomic E-state index is 12.4. The molecule has 0 fully saturated rings. The fourth-order valence-electron chi connectivity index (χ4n) is 4.53. The summed E-state index contributed by atoms with van der Waals surface area (Å²) in [5.74, 6) is 1.08. The largest absolute Gasteiger partial charge is 0.492 e. The number of carbonyl (C=O) groups excluding carboxylic acids is 1. The molecule has 0 aliphatic carbocycles. The molecule has 1 amide bonds. The number of benzene rings is 3. The van der Waals surface area contributed by atoms with Crippen molar-refractivity contribution in [1.82, 2.24) is 0 Å². The molecule has 0 bridgehead atoms. The maximum Gasteiger partial charge on any atom is 0.249 e. The molecule has 1 aliphatic rings. The molecule has 2 N–H and O–H groups in total. The summed E-state index contributed by atoms with van der Waals surface area (Å²) in [6.45, 7) is 8.91. The van der Waals surface area contributed by atoms with Gasteiger partial charge in [-0.3, -0.25) is 4.79 Å². The first-order chi connectivity index (χ1) is 13.9. The minimum Gasteiger partial charge on any atom is -0.492 e. The Kier molecular flexibility index (Phi) is 4.91. The molecule has 0 aromatic heterocycles. The summed E-state index contributed by atoms with van der Waals surface area (Å²) < 4.78 is 6.27. The van der Waals surface area contributed by atoms with Crippen molar-refractivity contribution in [2.45, 2.75) is 39.5 Å². The number of hydrogen-bond acceptors (Lipinski definition) is 2. The van der Waals surface area contributed by atoms with Gasteiger partial charge in [-0.15, -0.1) is 0 Å². The highest BCUT2D eigenvalue weighted by molar-refractivity contribution is 6.00. The Morgan fingerprint density at radius 1 is 1.00 bits per heavy atom. The fraction of sp³-hybridized carbons (Fsp3) is 0.269. The molecule has 4 rings (SSSR count). The lowest BCUT2D eigenvalue weighted by molar-refractivity contribution is 0.0999. The molecule has 0 saturated heterocycles. The number of amides is 1. The number of hydrogen-bond donors (Lipinski definition) is 1. The van der Waals surface area contributed by atoms with Gasteiger partial charge in [0.1, 0.15) is 5.75 Å². The van der Waals surface area contributed by atoms with E-state index in [-0.39, 0.29) is 11.8 Å². The Morgan fingerprint density at radius 2 is 1.66 bits per heavy atom. The summed E-state index contributed by atoms with van der Waals surface area (Å²) in [5, 5.41) is 0. The normalized spacial score (nSPS) is 15.3. The second-order valence-electron chi connectivity index (χ2n) is 8.16. The van der Waals surface area contributed by atoms with Gasteiger partial charge in [0.25, 0.3) is 0 Å². The van der Waals surface area contributed by atoms with Crippen LogP contribution in [0.2, 0.25) is 0 Å². The molecule has 0 radical (unpaired) electrons. The van der Waals surface area contributed by atoms with Gasteiger partial charge in [-0.2, -0.15) is 0 Å². The third-order valence-corrected chi connectivity index (χ3v) is 6.06. The molecule has 0 spiro atoms. The van der Waals surface area contributed by atoms with E-state index < -0.39 is 0 Å². The monoisotopic (exact) mass is 385 g/mol. The summed E-state index contributed by atoms with van der Waals surface area (Å²) in [7, 11) is 0. The van der Waals surface area contributed by atoms with Crippen LogP contribution >= 0.6 is 0 Å². The second-order valence-corrected chi connectivity index (χ2v) is 8.16. The van der Waals surface area contributed by atoms with Crippen molar-refractivity contribution in [3.8, 4) is 16.9 Å². The van der Waals surface area contributed by atoms with Crippen molar-refractivity contribution in [3.63, 3.8) is 0 Å². The van der Waals surface area contributed by atoms with Gasteiger partial charge in [0, 0.05) is 22.6 Å². The Labute approximate surface area is 172 Å². The van der Waals surface area contributed by atoms with Gasteiger partial charge >= 0.3 is 0 Å². The Morgan fingerprint density at radius 3 is 2.24 bits per heavy atom. The van der Waals surface area contributed by atoms with Crippen LogP contribution in [-0.4, -0.2) is 12.5 Å². The van der Waals surface area contributed by atoms with Gasteiger partial charge < -0.3 is 10.5 Å². The molecule has 3 aromatic rings. The minimum atomic E-state index is -0.388. The predicted molar refractivity (Wildman–Crippen MR) is 118 cm³/mol. The van der Waals surface area contributed by atoms with Gasteiger partial charge in [-0.25, -0.2) is 0 Å². The van der Waals surface area contributed by atoms with Crippen molar-refractivity contribution in [2.24, 2.45) is 5.73 Å². The van der Waals surface area contributed by atoms with E-state index in [9.17, 15) is 4.79 Å². The first-order valence-electron chi connectivity index (χ1n) is 10.1. The van der Waals surface area contributed by atoms with Gasteiger partial charge in [0.15, 0.2) is 0 Å². The quantitative estimate of drug-likeness (QED) is 0.625. The van der Waals surface area contributed by atoms with Crippen LogP contribution in [0.3, 0.4) is 0 Å². The molecule has 29 heavy (non-hydrogen) atoms. The molecule has 3 aromatic carbocycles. The summed E-state index contributed by atoms with van der Waals surface area (Å²) >= 11 is 0. The third-order valence-electron chi connectivity index (χ3n) is 6.06. The van der Waals surface area contributed by atoms with E-state index in [2.05, 4.69) is 50.2 Å². The number of rotatable bonds is 4. The highest BCUT2D eigenvalue weighted by Crippen LogP contribution is 2.49. The van der Waals surface area contributed by atoms with E-state index in [1.165, 1.54) is 11.1 Å². The van der Waals surface area contributed by atoms with Crippen LogP contribution in [0, 0.1) is 13.8 Å². The van der Waals surface area contributed by atoms with Gasteiger partial charge in [-0.1, -0.05) is 68.4 Å². The molecular weight excluding hydrogens is 358 g/mol. The highest BCUT2D eigenvalue weighted by atomic mass is 16.5. The molecule has 1 unspecified atom stereocenters. The highest BCUT2D eigenvalue weighted by Gasteiger charge is 2.34. The van der Waals surface area contributed by atoms with Gasteiger partial charge in [0.05, 0.1) is 6.61 Å². The Balaban J connectivity index is 1.93. The number of primary amides is 1. The topological polar surface area (TPSA) is 52.3 Å². The number of nitrogens with two attached hydrogens (primary N) is 1. The third kappa shape index (κ3) is 3.21. The lowest BCUT2D eigenvalue weighted by Crippen LogP contribution is -2.17. The standard InChI is InChI=1S/C26H27NO2/c1-15(2)18-10-12-19(13-11-18)21-14-29-25-23(20-8-6-5-7-9-20)16(3)22(26(27)28)17(4)24(21)25/h5-13,15,21H,14H2,1-4H3,(H2,27,28). The van der Waals surface area contributed by atoms with Crippen LogP contribution in [0.5, 0.6) is 5.75 Å². The van der Waals surface area contributed by atoms with E-state index in [0.29, 0.717) is 18.1 Å². The Bertz CT molecular complexity index is 1070. The average molecular weight is 386 g/mol. The summed E-state index contributed by atoms with van der Waals surface area (Å²) in [6, 6.07) is 18.8. The van der Waals surface area contributed by atoms with E-state index in [0.717, 1.165) is 33.6 Å². The Hall–Kier alpha value is -3.07. The van der Waals surface area contributed by atoms with Crippen LogP contribution < -0.4 is 10.5 Å². The van der Waals surface area contributed by atoms with Crippen molar-refractivity contribution in [3.05, 3.63) is 88.0 Å². The molecule has 148 valence electrons. The SMILES string of the molecule is Cc1c(C(N)=O)c(C)c2c(c1-c1ccccc1)OCC2c1ccc(C(C)C)cc1. The van der Waals surface area contributed by atoms with E-state index in [1.807, 2.05) is 32.0 Å². The first-order valence-corrected chi connectivity index (χ1v) is 10.1. The zero-order valence-corrected chi connectivity index (χ0v) is 17.5. The second kappa shape index (κ2) is 7.40. The van der Waals surface area contributed by atoms with Gasteiger partial charge in [-0.05, 0) is 47.6 Å². The van der Waals surface area contributed by atoms with Crippen LogP contribution in [0.15, 0.2) is 54.6 Å². The maximum absolute atomic E-state index is 12.4. The van der Waals surface area contributed by atoms with Gasteiger partial charge in [0.2, 0.25) is 5.91 Å². The zero-order chi connectivity index (χ0) is 20.7. The summed E-state index contributed by atoms with van der Waals surface area (Å²) in [6.07, 6.45) is 0. The van der Waals surface area contributed by atoms with Crippen molar-refractivity contribution in [2.75, 3.05) is 6.61 Å². The van der Waals surface area contributed by atoms with E-state index in [4.69, 9.17) is 10.5 Å². The number of carbonyl (C=O) groups is 1. The van der Waals surface area contributed by atoms with Crippen molar-refractivity contribution >= 4 is 5.91 Å². The van der Waals surface area contributed by atoms with Crippen LogP contribution in [0.25, 0.3) is 11.1 Å². The molecule has 0 saturated carbocycles. The molecule has 1 aliphatic heterocycles. The zero-order valence-electron chi connectivity index (χ0n) is 17.5. The van der Waals surface area contributed by atoms with Crippen LogP contribution in [0.1, 0.15) is 63.9 Å². The first kappa shape index (κ1) is 19.3. The molecule has 1 heterocycles. The lowest BCUT2D eigenvalue weighted by Gasteiger charge is -2.20. The fourth-order valence-corrected chi connectivity index (χ4v) is 4.53. The molecule has 3 heteroatoms. The number of ether oxygens (including phenoxy) is 1. The van der Waals surface area contributed by atoms with Crippen molar-refractivity contribution < 1.29 is 9.53 Å². The molecule has 3 nitrogen and oxygen atoms in total. The van der Waals surface area contributed by atoms with Crippen LogP contribution in [-0.2, 0) is 0 Å². The van der Waals surface area contributed by atoms with E-state index >= 15 is 0 Å². The lowest BCUT2D eigenvalue weighted by atomic mass is 9.82. The van der Waals surface area contributed by atoms with E-state index in [1.54, 1.807) is 0 Å². The summed E-state index contributed by atoms with van der Waals surface area (Å²) in [5.41, 5.74) is 13.9. The predicted octanol–water partition coefficient (Wildman–Crippen LogP) is 5.72. The summed E-state index contributed by atoms with van der Waals surface area (Å²) in [4.78, 5) is 12.4. The van der Waals surface area contributed by atoms with Crippen LogP contribution in [0.4, 0.5) is 0 Å². The number of fused-ring (bicyclic) bond motifs is 1. The molecular formula is C26H27NO2. The van der Waals surface area contributed by atoms with Crippen molar-refractivity contribution in [1.29, 1.82) is 0 Å².